The standard InChI is InChI=1S/C11H5ClN6S/c12-7-6(3-13)1-2-14-10(7)19-11-8-9(16-4-15-8)17-5-18-11/h1-2,4-5H,(H,15,16,17,18). The molecule has 6 nitrogen and oxygen atoms in total. The third-order valence-electron chi connectivity index (χ3n) is 2.36. The lowest BCUT2D eigenvalue weighted by atomic mass is 10.3. The highest BCUT2D eigenvalue weighted by Crippen LogP contribution is 2.34. The molecule has 0 aromatic carbocycles. The number of aromatic nitrogens is 5. The van der Waals surface area contributed by atoms with Gasteiger partial charge in [0, 0.05) is 6.20 Å². The molecule has 0 saturated carbocycles. The van der Waals surface area contributed by atoms with Gasteiger partial charge in [-0.1, -0.05) is 11.6 Å². The molecule has 92 valence electrons. The van der Waals surface area contributed by atoms with Gasteiger partial charge in [0.2, 0.25) is 0 Å². The molecule has 0 amide bonds. The predicted octanol–water partition coefficient (Wildman–Crippen LogP) is 2.42. The second-order valence-electron chi connectivity index (χ2n) is 3.47. The minimum Gasteiger partial charge on any atom is -0.341 e. The van der Waals surface area contributed by atoms with E-state index in [1.165, 1.54) is 24.3 Å². The molecule has 0 aliphatic heterocycles. The van der Waals surface area contributed by atoms with E-state index >= 15 is 0 Å². The zero-order chi connectivity index (χ0) is 13.2. The molecule has 0 aliphatic carbocycles. The van der Waals surface area contributed by atoms with E-state index in [2.05, 4.69) is 24.9 Å². The Morgan fingerprint density at radius 3 is 2.95 bits per heavy atom. The second kappa shape index (κ2) is 4.84. The third kappa shape index (κ3) is 2.12. The van der Waals surface area contributed by atoms with Crippen LogP contribution in [0.2, 0.25) is 5.02 Å². The number of fused-ring (bicyclic) bond motifs is 1. The molecule has 3 heterocycles. The summed E-state index contributed by atoms with van der Waals surface area (Å²) in [6, 6.07) is 3.58. The number of pyridine rings is 1. The van der Waals surface area contributed by atoms with Gasteiger partial charge in [-0.15, -0.1) is 0 Å². The van der Waals surface area contributed by atoms with E-state index in [0.29, 0.717) is 31.8 Å². The zero-order valence-electron chi connectivity index (χ0n) is 9.33. The van der Waals surface area contributed by atoms with Crippen LogP contribution >= 0.6 is 23.4 Å². The summed E-state index contributed by atoms with van der Waals surface area (Å²) in [5.74, 6) is 0. The fourth-order valence-electron chi connectivity index (χ4n) is 1.49. The Morgan fingerprint density at radius 1 is 1.21 bits per heavy atom. The van der Waals surface area contributed by atoms with Crippen LogP contribution in [-0.2, 0) is 0 Å². The van der Waals surface area contributed by atoms with Crippen molar-refractivity contribution in [2.24, 2.45) is 0 Å². The molecule has 3 aromatic rings. The van der Waals surface area contributed by atoms with Crippen molar-refractivity contribution < 1.29 is 0 Å². The molecule has 1 N–H and O–H groups in total. The van der Waals surface area contributed by atoms with Crippen LogP contribution in [0.3, 0.4) is 0 Å². The van der Waals surface area contributed by atoms with Gasteiger partial charge in [0.05, 0.1) is 16.9 Å². The van der Waals surface area contributed by atoms with Gasteiger partial charge >= 0.3 is 0 Å². The van der Waals surface area contributed by atoms with E-state index in [4.69, 9.17) is 16.9 Å². The number of halogens is 1. The first-order valence-electron chi connectivity index (χ1n) is 5.16. The monoisotopic (exact) mass is 288 g/mol. The molecular weight excluding hydrogens is 284 g/mol. The van der Waals surface area contributed by atoms with Crippen LogP contribution in [-0.4, -0.2) is 24.9 Å². The van der Waals surface area contributed by atoms with Crippen LogP contribution in [0.25, 0.3) is 11.2 Å². The molecule has 0 bridgehead atoms. The molecule has 3 rings (SSSR count). The topological polar surface area (TPSA) is 91.1 Å². The van der Waals surface area contributed by atoms with Gasteiger partial charge in [-0.3, -0.25) is 0 Å². The van der Waals surface area contributed by atoms with Gasteiger partial charge in [0.15, 0.2) is 5.65 Å². The lowest BCUT2D eigenvalue weighted by molar-refractivity contribution is 1.07. The molecule has 0 atom stereocenters. The fourth-order valence-corrected chi connectivity index (χ4v) is 2.61. The number of imidazole rings is 1. The molecule has 0 fully saturated rings. The van der Waals surface area contributed by atoms with E-state index < -0.39 is 0 Å². The Hall–Kier alpha value is -2.17. The maximum Gasteiger partial charge on any atom is 0.181 e. The average Bonchev–Trinajstić information content (AvgIpc) is 2.90. The highest BCUT2D eigenvalue weighted by atomic mass is 35.5. The average molecular weight is 289 g/mol. The van der Waals surface area contributed by atoms with Crippen LogP contribution < -0.4 is 0 Å². The van der Waals surface area contributed by atoms with Crippen molar-refractivity contribution >= 4 is 34.5 Å². The van der Waals surface area contributed by atoms with Crippen LogP contribution in [0, 0.1) is 11.3 Å². The summed E-state index contributed by atoms with van der Waals surface area (Å²) in [7, 11) is 0. The summed E-state index contributed by atoms with van der Waals surface area (Å²) in [4.78, 5) is 19.4. The van der Waals surface area contributed by atoms with Gasteiger partial charge in [0.25, 0.3) is 0 Å². The lowest BCUT2D eigenvalue weighted by Crippen LogP contribution is -1.89. The van der Waals surface area contributed by atoms with Crippen molar-refractivity contribution in [3.63, 3.8) is 0 Å². The van der Waals surface area contributed by atoms with Gasteiger partial charge < -0.3 is 4.98 Å². The van der Waals surface area contributed by atoms with Gasteiger partial charge in [-0.05, 0) is 17.8 Å². The van der Waals surface area contributed by atoms with E-state index in [-0.39, 0.29) is 0 Å². The van der Waals surface area contributed by atoms with E-state index in [0.717, 1.165) is 0 Å². The number of hydrogen-bond acceptors (Lipinski definition) is 6. The van der Waals surface area contributed by atoms with E-state index in [1.807, 2.05) is 6.07 Å². The van der Waals surface area contributed by atoms with Crippen molar-refractivity contribution in [1.29, 1.82) is 5.26 Å². The number of nitrogens with one attached hydrogen (secondary N) is 1. The minimum atomic E-state index is 0.321. The molecule has 0 spiro atoms. The fraction of sp³-hybridized carbons (Fsp3) is 0. The number of hydrogen-bond donors (Lipinski definition) is 1. The molecule has 0 saturated heterocycles. The Kier molecular flexibility index (Phi) is 3.03. The normalized spacial score (nSPS) is 10.5. The first kappa shape index (κ1) is 11.9. The summed E-state index contributed by atoms with van der Waals surface area (Å²) >= 11 is 7.37. The Balaban J connectivity index is 2.07. The van der Waals surface area contributed by atoms with Crippen molar-refractivity contribution in [2.75, 3.05) is 0 Å². The third-order valence-corrected chi connectivity index (χ3v) is 3.86. The van der Waals surface area contributed by atoms with Crippen LogP contribution in [0.15, 0.2) is 35.0 Å². The summed E-state index contributed by atoms with van der Waals surface area (Å²) in [5.41, 5.74) is 1.67. The first-order chi connectivity index (χ1) is 9.29. The Labute approximate surface area is 116 Å². The van der Waals surface area contributed by atoms with E-state index in [9.17, 15) is 0 Å². The lowest BCUT2D eigenvalue weighted by Gasteiger charge is -2.03. The number of H-pyrrole nitrogens is 1. The van der Waals surface area contributed by atoms with Gasteiger partial charge in [-0.25, -0.2) is 19.9 Å². The van der Waals surface area contributed by atoms with Crippen molar-refractivity contribution in [3.8, 4) is 6.07 Å². The van der Waals surface area contributed by atoms with E-state index in [1.54, 1.807) is 12.4 Å². The highest BCUT2D eigenvalue weighted by Gasteiger charge is 2.13. The van der Waals surface area contributed by atoms with Crippen molar-refractivity contribution in [2.45, 2.75) is 10.1 Å². The van der Waals surface area contributed by atoms with Crippen LogP contribution in [0.1, 0.15) is 5.56 Å². The minimum absolute atomic E-state index is 0.321. The number of nitriles is 1. The predicted molar refractivity (Wildman–Crippen MR) is 69.8 cm³/mol. The SMILES string of the molecule is N#Cc1ccnc(Sc2ncnc3nc[nH]c23)c1Cl. The molecule has 19 heavy (non-hydrogen) atoms. The largest absolute Gasteiger partial charge is 0.341 e. The summed E-state index contributed by atoms with van der Waals surface area (Å²) in [5, 5.41) is 10.4. The molecule has 3 aromatic heterocycles. The van der Waals surface area contributed by atoms with Crippen molar-refractivity contribution in [3.05, 3.63) is 35.5 Å². The smallest absolute Gasteiger partial charge is 0.181 e. The second-order valence-corrected chi connectivity index (χ2v) is 4.83. The van der Waals surface area contributed by atoms with Gasteiger partial charge in [-0.2, -0.15) is 5.26 Å². The van der Waals surface area contributed by atoms with Crippen LogP contribution in [0.4, 0.5) is 0 Å². The Bertz CT molecular complexity index is 793. The van der Waals surface area contributed by atoms with Gasteiger partial charge in [0.1, 0.15) is 28.0 Å². The molecule has 0 unspecified atom stereocenters. The highest BCUT2D eigenvalue weighted by molar-refractivity contribution is 7.99. The Morgan fingerprint density at radius 2 is 2.11 bits per heavy atom. The molecule has 8 heteroatoms. The quantitative estimate of drug-likeness (QED) is 0.728. The number of aromatic amines is 1. The summed E-state index contributed by atoms with van der Waals surface area (Å²) in [6.07, 6.45) is 4.51. The molecule has 0 radical (unpaired) electrons. The zero-order valence-corrected chi connectivity index (χ0v) is 10.9. The van der Waals surface area contributed by atoms with Crippen LogP contribution in [0.5, 0.6) is 0 Å². The first-order valence-corrected chi connectivity index (χ1v) is 6.35. The summed E-state index contributed by atoms with van der Waals surface area (Å²) < 4.78 is 0. The number of nitrogens with zero attached hydrogens (tertiary/aromatic N) is 5. The maximum atomic E-state index is 8.93. The van der Waals surface area contributed by atoms with Crippen molar-refractivity contribution in [1.82, 2.24) is 24.9 Å². The number of rotatable bonds is 2. The maximum absolute atomic E-state index is 8.93. The summed E-state index contributed by atoms with van der Waals surface area (Å²) in [6.45, 7) is 0. The molecule has 0 aliphatic rings. The molecular formula is C11H5ClN6S.